The summed E-state index contributed by atoms with van der Waals surface area (Å²) in [6.45, 7) is 1.73. The maximum atomic E-state index is 12.7. The van der Waals surface area contributed by atoms with Crippen molar-refractivity contribution in [1.29, 1.82) is 0 Å². The van der Waals surface area contributed by atoms with Gasteiger partial charge in [-0.25, -0.2) is 13.4 Å². The molecule has 1 aromatic carbocycles. The lowest BCUT2D eigenvalue weighted by Gasteiger charge is -2.13. The van der Waals surface area contributed by atoms with Gasteiger partial charge in [-0.2, -0.15) is 13.2 Å². The van der Waals surface area contributed by atoms with Crippen LogP contribution in [0.4, 0.5) is 18.9 Å². The fourth-order valence-corrected chi connectivity index (χ4v) is 3.59. The largest absolute Gasteiger partial charge is 0.417 e. The monoisotopic (exact) mass is 424 g/mol. The van der Waals surface area contributed by atoms with E-state index in [0.29, 0.717) is 22.6 Å². The first-order valence-corrected chi connectivity index (χ1v) is 10.4. The molecule has 0 fully saturated rings. The SMILES string of the molecule is CCS(=O)(=O)c1ccc(NCc2ccc(C(F)(F)F)cn2)c(-c2cn(C)cn2)c1. The van der Waals surface area contributed by atoms with Crippen molar-refractivity contribution in [2.45, 2.75) is 24.5 Å². The first kappa shape index (κ1) is 20.8. The fourth-order valence-electron chi connectivity index (χ4n) is 2.68. The number of aryl methyl sites for hydroxylation is 1. The Morgan fingerprint density at radius 1 is 1.14 bits per heavy atom. The highest BCUT2D eigenvalue weighted by Crippen LogP contribution is 2.31. The Morgan fingerprint density at radius 3 is 2.45 bits per heavy atom. The molecule has 0 unspecified atom stereocenters. The van der Waals surface area contributed by atoms with E-state index < -0.39 is 21.6 Å². The molecule has 10 heteroatoms. The standard InChI is InChI=1S/C19H19F3N4O2S/c1-3-29(27,28)15-6-7-17(16(8-15)18-11-26(2)12-25-18)24-10-14-5-4-13(9-23-14)19(20,21)22/h4-9,11-12,24H,3,10H2,1-2H3. The van der Waals surface area contributed by atoms with Crippen LogP contribution in [0.2, 0.25) is 0 Å². The molecule has 0 saturated carbocycles. The molecule has 0 aliphatic rings. The number of halogens is 3. The quantitative estimate of drug-likeness (QED) is 0.649. The summed E-state index contributed by atoms with van der Waals surface area (Å²) in [6, 6.07) is 6.93. The molecule has 0 aliphatic heterocycles. The average Bonchev–Trinajstić information content (AvgIpc) is 3.12. The van der Waals surface area contributed by atoms with Crippen LogP contribution in [0.5, 0.6) is 0 Å². The van der Waals surface area contributed by atoms with Gasteiger partial charge in [-0.1, -0.05) is 6.92 Å². The van der Waals surface area contributed by atoms with Crippen molar-refractivity contribution < 1.29 is 21.6 Å². The van der Waals surface area contributed by atoms with Gasteiger partial charge in [0.25, 0.3) is 0 Å². The van der Waals surface area contributed by atoms with Crippen LogP contribution in [0.15, 0.2) is 53.9 Å². The van der Waals surface area contributed by atoms with Crippen LogP contribution < -0.4 is 5.32 Å². The van der Waals surface area contributed by atoms with Gasteiger partial charge in [-0.05, 0) is 30.3 Å². The molecule has 1 N–H and O–H groups in total. The third kappa shape index (κ3) is 4.76. The summed E-state index contributed by atoms with van der Waals surface area (Å²) < 4.78 is 64.2. The normalized spacial score (nSPS) is 12.2. The first-order chi connectivity index (χ1) is 13.6. The molecule has 3 aromatic rings. The second-order valence-corrected chi connectivity index (χ2v) is 8.70. The second kappa shape index (κ2) is 7.86. The van der Waals surface area contributed by atoms with Gasteiger partial charge in [0.2, 0.25) is 0 Å². The Morgan fingerprint density at radius 2 is 1.90 bits per heavy atom. The summed E-state index contributed by atoms with van der Waals surface area (Å²) in [4.78, 5) is 8.30. The fraction of sp³-hybridized carbons (Fsp3) is 0.263. The summed E-state index contributed by atoms with van der Waals surface area (Å²) in [5.74, 6) is -0.0308. The minimum atomic E-state index is -4.44. The maximum Gasteiger partial charge on any atom is 0.417 e. The number of hydrogen-bond acceptors (Lipinski definition) is 5. The molecule has 0 amide bonds. The molecule has 3 rings (SSSR count). The molecule has 0 bridgehead atoms. The maximum absolute atomic E-state index is 12.7. The lowest BCUT2D eigenvalue weighted by Crippen LogP contribution is -2.08. The van der Waals surface area contributed by atoms with Crippen LogP contribution >= 0.6 is 0 Å². The van der Waals surface area contributed by atoms with Crippen molar-refractivity contribution in [1.82, 2.24) is 14.5 Å². The number of sulfone groups is 1. The van der Waals surface area contributed by atoms with Crippen LogP contribution in [-0.2, 0) is 29.6 Å². The van der Waals surface area contributed by atoms with Crippen LogP contribution in [0.25, 0.3) is 11.3 Å². The number of imidazole rings is 1. The summed E-state index contributed by atoms with van der Waals surface area (Å²) in [5.41, 5.74) is 1.34. The van der Waals surface area contributed by atoms with E-state index in [9.17, 15) is 21.6 Å². The lowest BCUT2D eigenvalue weighted by molar-refractivity contribution is -0.137. The van der Waals surface area contributed by atoms with Crippen LogP contribution in [0.3, 0.4) is 0 Å². The van der Waals surface area contributed by atoms with Crippen LogP contribution in [0, 0.1) is 0 Å². The molecular formula is C19H19F3N4O2S. The molecule has 2 aromatic heterocycles. The van der Waals surface area contributed by atoms with Crippen molar-refractivity contribution in [3.8, 4) is 11.3 Å². The molecule has 154 valence electrons. The van der Waals surface area contributed by atoms with Gasteiger partial charge in [0.1, 0.15) is 0 Å². The predicted octanol–water partition coefficient (Wildman–Crippen LogP) is 3.91. The number of hydrogen-bond donors (Lipinski definition) is 1. The third-order valence-corrected chi connectivity index (χ3v) is 6.06. The molecule has 0 aliphatic carbocycles. The van der Waals surface area contributed by atoms with E-state index in [0.717, 1.165) is 12.3 Å². The Hall–Kier alpha value is -2.88. The lowest BCUT2D eigenvalue weighted by atomic mass is 10.1. The number of nitrogens with zero attached hydrogens (tertiary/aromatic N) is 3. The number of rotatable bonds is 6. The van der Waals surface area contributed by atoms with E-state index >= 15 is 0 Å². The van der Waals surface area contributed by atoms with Gasteiger partial charge in [-0.3, -0.25) is 4.98 Å². The number of benzene rings is 1. The van der Waals surface area contributed by atoms with Gasteiger partial charge in [0.05, 0.1) is 40.5 Å². The minimum Gasteiger partial charge on any atom is -0.379 e. The molecule has 0 atom stereocenters. The summed E-state index contributed by atoms with van der Waals surface area (Å²) in [7, 11) is -1.61. The summed E-state index contributed by atoms with van der Waals surface area (Å²) in [6.07, 6.45) is -0.309. The number of pyridine rings is 1. The number of nitrogens with one attached hydrogen (secondary N) is 1. The zero-order chi connectivity index (χ0) is 21.2. The Kier molecular flexibility index (Phi) is 5.65. The smallest absolute Gasteiger partial charge is 0.379 e. The zero-order valence-corrected chi connectivity index (χ0v) is 16.5. The number of aromatic nitrogens is 3. The van der Waals surface area contributed by atoms with Gasteiger partial charge >= 0.3 is 6.18 Å². The zero-order valence-electron chi connectivity index (χ0n) is 15.7. The molecule has 0 saturated heterocycles. The molecule has 29 heavy (non-hydrogen) atoms. The van der Waals surface area contributed by atoms with Gasteiger partial charge < -0.3 is 9.88 Å². The van der Waals surface area contributed by atoms with E-state index in [2.05, 4.69) is 15.3 Å². The molecule has 0 radical (unpaired) electrons. The van der Waals surface area contributed by atoms with Crippen molar-refractivity contribution in [3.63, 3.8) is 0 Å². The van der Waals surface area contributed by atoms with Crippen molar-refractivity contribution in [2.75, 3.05) is 11.1 Å². The van der Waals surface area contributed by atoms with Crippen LogP contribution in [0.1, 0.15) is 18.2 Å². The van der Waals surface area contributed by atoms with Gasteiger partial charge in [-0.15, -0.1) is 0 Å². The highest BCUT2D eigenvalue weighted by molar-refractivity contribution is 7.91. The summed E-state index contributed by atoms with van der Waals surface area (Å²) in [5, 5.41) is 3.10. The Bertz CT molecular complexity index is 1110. The molecular weight excluding hydrogens is 405 g/mol. The van der Waals surface area contributed by atoms with E-state index in [1.807, 2.05) is 0 Å². The van der Waals surface area contributed by atoms with E-state index in [4.69, 9.17) is 0 Å². The summed E-state index contributed by atoms with van der Waals surface area (Å²) >= 11 is 0. The van der Waals surface area contributed by atoms with Crippen molar-refractivity contribution >= 4 is 15.5 Å². The van der Waals surface area contributed by atoms with Crippen LogP contribution in [-0.4, -0.2) is 28.7 Å². The second-order valence-electron chi connectivity index (χ2n) is 6.42. The molecule has 6 nitrogen and oxygen atoms in total. The van der Waals surface area contributed by atoms with Crippen molar-refractivity contribution in [2.24, 2.45) is 7.05 Å². The highest BCUT2D eigenvalue weighted by Gasteiger charge is 2.30. The number of alkyl halides is 3. The van der Waals surface area contributed by atoms with Gasteiger partial charge in [0, 0.05) is 30.7 Å². The van der Waals surface area contributed by atoms with Crippen molar-refractivity contribution in [3.05, 3.63) is 60.3 Å². The predicted molar refractivity (Wildman–Crippen MR) is 103 cm³/mol. The first-order valence-electron chi connectivity index (χ1n) is 8.71. The average molecular weight is 424 g/mol. The number of anilines is 1. The highest BCUT2D eigenvalue weighted by atomic mass is 32.2. The van der Waals surface area contributed by atoms with E-state index in [1.165, 1.54) is 12.1 Å². The Balaban J connectivity index is 1.90. The molecule has 2 heterocycles. The molecule has 0 spiro atoms. The van der Waals surface area contributed by atoms with E-state index in [1.54, 1.807) is 43.2 Å². The minimum absolute atomic E-state index is 0.0308. The topological polar surface area (TPSA) is 76.9 Å². The van der Waals surface area contributed by atoms with E-state index in [-0.39, 0.29) is 17.2 Å². The van der Waals surface area contributed by atoms with Gasteiger partial charge in [0.15, 0.2) is 9.84 Å². The third-order valence-electron chi connectivity index (χ3n) is 4.32. The Labute approximate surface area is 166 Å².